The van der Waals surface area contributed by atoms with Gasteiger partial charge in [0, 0.05) is 12.6 Å². The van der Waals surface area contributed by atoms with Gasteiger partial charge in [-0.1, -0.05) is 12.8 Å². The summed E-state index contributed by atoms with van der Waals surface area (Å²) in [5, 5.41) is 12.0. The van der Waals surface area contributed by atoms with Gasteiger partial charge >= 0.3 is 5.97 Å². The standard InChI is InChI=1S/C12H20N2O4/c15-11(13-9-3-1-2-4-9)7-14-5-6-18-8-10(14)12(16)17/h9-10H,1-8H2,(H,13,15)(H,16,17). The van der Waals surface area contributed by atoms with Gasteiger partial charge in [-0.25, -0.2) is 0 Å². The van der Waals surface area contributed by atoms with Gasteiger partial charge in [-0.15, -0.1) is 0 Å². The van der Waals surface area contributed by atoms with Crippen molar-refractivity contribution in [2.24, 2.45) is 0 Å². The first-order chi connectivity index (χ1) is 8.66. The number of rotatable bonds is 4. The Bertz CT molecular complexity index is 315. The van der Waals surface area contributed by atoms with Crippen molar-refractivity contribution < 1.29 is 19.4 Å². The van der Waals surface area contributed by atoms with E-state index in [9.17, 15) is 9.59 Å². The SMILES string of the molecule is O=C(CN1CCOCC1C(=O)O)NC1CCCC1. The summed E-state index contributed by atoms with van der Waals surface area (Å²) in [5.41, 5.74) is 0. The first-order valence-corrected chi connectivity index (χ1v) is 6.51. The molecule has 1 atom stereocenters. The summed E-state index contributed by atoms with van der Waals surface area (Å²) in [6.45, 7) is 1.29. The predicted octanol–water partition coefficient (Wildman–Crippen LogP) is -0.169. The van der Waals surface area contributed by atoms with Crippen molar-refractivity contribution in [3.8, 4) is 0 Å². The number of morpholine rings is 1. The second kappa shape index (κ2) is 6.15. The molecule has 1 saturated heterocycles. The lowest BCUT2D eigenvalue weighted by Crippen LogP contribution is -2.53. The smallest absolute Gasteiger partial charge is 0.323 e. The number of carboxylic acid groups (broad SMARTS) is 1. The van der Waals surface area contributed by atoms with Crippen molar-refractivity contribution in [2.75, 3.05) is 26.3 Å². The molecule has 1 amide bonds. The second-order valence-corrected chi connectivity index (χ2v) is 4.95. The fraction of sp³-hybridized carbons (Fsp3) is 0.833. The van der Waals surface area contributed by atoms with Crippen LogP contribution in [0.3, 0.4) is 0 Å². The predicted molar refractivity (Wildman–Crippen MR) is 64.2 cm³/mol. The summed E-state index contributed by atoms with van der Waals surface area (Å²) in [7, 11) is 0. The van der Waals surface area contributed by atoms with E-state index in [-0.39, 0.29) is 25.1 Å². The van der Waals surface area contributed by atoms with Crippen LogP contribution >= 0.6 is 0 Å². The van der Waals surface area contributed by atoms with E-state index in [0.717, 1.165) is 12.8 Å². The zero-order valence-corrected chi connectivity index (χ0v) is 10.4. The van der Waals surface area contributed by atoms with Crippen LogP contribution in [0.15, 0.2) is 0 Å². The normalized spacial score (nSPS) is 26.1. The maximum Gasteiger partial charge on any atom is 0.323 e. The lowest BCUT2D eigenvalue weighted by Gasteiger charge is -2.32. The fourth-order valence-electron chi connectivity index (χ4n) is 2.58. The van der Waals surface area contributed by atoms with Crippen molar-refractivity contribution in [1.82, 2.24) is 10.2 Å². The molecule has 0 aromatic carbocycles. The number of carboxylic acids is 1. The number of nitrogens with zero attached hydrogens (tertiary/aromatic N) is 1. The largest absolute Gasteiger partial charge is 0.480 e. The maximum atomic E-state index is 11.8. The molecule has 1 unspecified atom stereocenters. The summed E-state index contributed by atoms with van der Waals surface area (Å²) in [5.74, 6) is -1.00. The first kappa shape index (κ1) is 13.3. The van der Waals surface area contributed by atoms with Gasteiger partial charge in [-0.3, -0.25) is 14.5 Å². The van der Waals surface area contributed by atoms with Crippen molar-refractivity contribution >= 4 is 11.9 Å². The molecule has 6 heteroatoms. The van der Waals surface area contributed by atoms with E-state index in [1.54, 1.807) is 4.90 Å². The molecule has 18 heavy (non-hydrogen) atoms. The highest BCUT2D eigenvalue weighted by atomic mass is 16.5. The molecule has 2 N–H and O–H groups in total. The van der Waals surface area contributed by atoms with Crippen LogP contribution in [0.5, 0.6) is 0 Å². The van der Waals surface area contributed by atoms with Crippen molar-refractivity contribution in [3.63, 3.8) is 0 Å². The van der Waals surface area contributed by atoms with E-state index < -0.39 is 12.0 Å². The third-order valence-electron chi connectivity index (χ3n) is 3.59. The highest BCUT2D eigenvalue weighted by molar-refractivity contribution is 5.80. The Balaban J connectivity index is 1.82. The minimum Gasteiger partial charge on any atom is -0.480 e. The fourth-order valence-corrected chi connectivity index (χ4v) is 2.58. The lowest BCUT2D eigenvalue weighted by molar-refractivity contribution is -0.150. The van der Waals surface area contributed by atoms with Gasteiger partial charge in [0.15, 0.2) is 0 Å². The quantitative estimate of drug-likeness (QED) is 0.730. The molecular formula is C12H20N2O4. The topological polar surface area (TPSA) is 78.9 Å². The summed E-state index contributed by atoms with van der Waals surface area (Å²) in [6.07, 6.45) is 4.41. The average Bonchev–Trinajstić information content (AvgIpc) is 2.82. The summed E-state index contributed by atoms with van der Waals surface area (Å²) in [6, 6.07) is -0.421. The molecule has 0 radical (unpaired) electrons. The molecule has 6 nitrogen and oxygen atoms in total. The molecule has 1 saturated carbocycles. The number of hydrogen-bond acceptors (Lipinski definition) is 4. The first-order valence-electron chi connectivity index (χ1n) is 6.51. The van der Waals surface area contributed by atoms with E-state index in [1.807, 2.05) is 0 Å². The van der Waals surface area contributed by atoms with Crippen LogP contribution in [0.25, 0.3) is 0 Å². The van der Waals surface area contributed by atoms with Crippen molar-refractivity contribution in [3.05, 3.63) is 0 Å². The Morgan fingerprint density at radius 3 is 2.72 bits per heavy atom. The second-order valence-electron chi connectivity index (χ2n) is 4.95. The molecule has 1 aliphatic carbocycles. The van der Waals surface area contributed by atoms with E-state index in [4.69, 9.17) is 9.84 Å². The van der Waals surface area contributed by atoms with Crippen LogP contribution in [0.4, 0.5) is 0 Å². The van der Waals surface area contributed by atoms with Crippen LogP contribution in [0, 0.1) is 0 Å². The Morgan fingerprint density at radius 2 is 2.06 bits per heavy atom. The third-order valence-corrected chi connectivity index (χ3v) is 3.59. The molecule has 0 bridgehead atoms. The number of nitrogens with one attached hydrogen (secondary N) is 1. The highest BCUT2D eigenvalue weighted by Crippen LogP contribution is 2.17. The maximum absolute atomic E-state index is 11.8. The zero-order valence-electron chi connectivity index (χ0n) is 10.4. The number of carbonyl (C=O) groups is 2. The molecule has 1 heterocycles. The minimum atomic E-state index is -0.927. The number of amides is 1. The average molecular weight is 256 g/mol. The van der Waals surface area contributed by atoms with Crippen LogP contribution in [0.2, 0.25) is 0 Å². The molecule has 0 spiro atoms. The van der Waals surface area contributed by atoms with Gasteiger partial charge in [0.05, 0.1) is 19.8 Å². The Morgan fingerprint density at radius 1 is 1.33 bits per heavy atom. The molecule has 2 aliphatic rings. The minimum absolute atomic E-state index is 0.0740. The van der Waals surface area contributed by atoms with E-state index in [2.05, 4.69) is 5.32 Å². The Hall–Kier alpha value is -1.14. The lowest BCUT2D eigenvalue weighted by atomic mass is 10.2. The molecule has 0 aromatic heterocycles. The van der Waals surface area contributed by atoms with Gasteiger partial charge in [0.1, 0.15) is 6.04 Å². The molecule has 2 rings (SSSR count). The molecular weight excluding hydrogens is 236 g/mol. The number of hydrogen-bond donors (Lipinski definition) is 2. The Labute approximate surface area is 106 Å². The summed E-state index contributed by atoms with van der Waals surface area (Å²) < 4.78 is 5.13. The summed E-state index contributed by atoms with van der Waals surface area (Å²) >= 11 is 0. The van der Waals surface area contributed by atoms with E-state index >= 15 is 0 Å². The van der Waals surface area contributed by atoms with Gasteiger partial charge in [-0.05, 0) is 12.8 Å². The van der Waals surface area contributed by atoms with Gasteiger partial charge in [-0.2, -0.15) is 0 Å². The molecule has 102 valence electrons. The molecule has 2 fully saturated rings. The summed E-state index contributed by atoms with van der Waals surface area (Å²) in [4.78, 5) is 24.6. The Kier molecular flexibility index (Phi) is 4.54. The van der Waals surface area contributed by atoms with E-state index in [1.165, 1.54) is 12.8 Å². The van der Waals surface area contributed by atoms with Gasteiger partial charge in [0.25, 0.3) is 0 Å². The highest BCUT2D eigenvalue weighted by Gasteiger charge is 2.30. The number of ether oxygens (including phenoxy) is 1. The third kappa shape index (κ3) is 3.43. The van der Waals surface area contributed by atoms with Crippen LogP contribution in [-0.2, 0) is 14.3 Å². The van der Waals surface area contributed by atoms with Gasteiger partial charge in [0.2, 0.25) is 5.91 Å². The van der Waals surface area contributed by atoms with Crippen LogP contribution in [0.1, 0.15) is 25.7 Å². The number of carbonyl (C=O) groups excluding carboxylic acids is 1. The van der Waals surface area contributed by atoms with Crippen molar-refractivity contribution in [2.45, 2.75) is 37.8 Å². The van der Waals surface area contributed by atoms with Crippen LogP contribution < -0.4 is 5.32 Å². The van der Waals surface area contributed by atoms with Gasteiger partial charge < -0.3 is 15.2 Å². The zero-order chi connectivity index (χ0) is 13.0. The van der Waals surface area contributed by atoms with E-state index in [0.29, 0.717) is 13.2 Å². The number of aliphatic carboxylic acids is 1. The molecule has 1 aliphatic heterocycles. The molecule has 0 aromatic rings. The monoisotopic (exact) mass is 256 g/mol. The van der Waals surface area contributed by atoms with Crippen LogP contribution in [-0.4, -0.2) is 60.3 Å². The van der Waals surface area contributed by atoms with Crippen molar-refractivity contribution in [1.29, 1.82) is 0 Å².